The molecule has 4 nitrogen and oxygen atoms in total. The second kappa shape index (κ2) is 2.54. The SMILES string of the molecule is C[N+]1([O-])CCOCC1C#N. The average molecular weight is 142 g/mol. The Bertz CT molecular complexity index is 162. The summed E-state index contributed by atoms with van der Waals surface area (Å²) < 4.78 is 4.49. The molecule has 0 aromatic carbocycles. The summed E-state index contributed by atoms with van der Waals surface area (Å²) in [7, 11) is 1.51. The van der Waals surface area contributed by atoms with Gasteiger partial charge in [-0.15, -0.1) is 0 Å². The molecule has 2 atom stereocenters. The molecule has 1 heterocycles. The molecule has 0 aromatic rings. The van der Waals surface area contributed by atoms with Crippen molar-refractivity contribution in [3.8, 4) is 6.07 Å². The molecule has 1 fully saturated rings. The fraction of sp³-hybridized carbons (Fsp3) is 0.833. The van der Waals surface area contributed by atoms with Gasteiger partial charge in [0.05, 0.1) is 13.7 Å². The quantitative estimate of drug-likeness (QED) is 0.349. The number of hydroxylamine groups is 3. The van der Waals surface area contributed by atoms with Crippen LogP contribution in [0, 0.1) is 16.5 Å². The number of nitrogens with zero attached hydrogens (tertiary/aromatic N) is 2. The molecule has 0 amide bonds. The Morgan fingerprint density at radius 3 is 2.90 bits per heavy atom. The third kappa shape index (κ3) is 1.27. The van der Waals surface area contributed by atoms with Crippen molar-refractivity contribution >= 4 is 0 Å². The minimum Gasteiger partial charge on any atom is -0.632 e. The molecule has 0 spiro atoms. The highest BCUT2D eigenvalue weighted by Crippen LogP contribution is 2.12. The lowest BCUT2D eigenvalue weighted by molar-refractivity contribution is -0.886. The topological polar surface area (TPSA) is 56.1 Å². The van der Waals surface area contributed by atoms with Gasteiger partial charge in [-0.2, -0.15) is 5.26 Å². The van der Waals surface area contributed by atoms with E-state index in [-0.39, 0.29) is 6.61 Å². The molecular formula is C6H10N2O2. The minimum atomic E-state index is -0.534. The molecule has 1 rings (SSSR count). The first-order valence-electron chi connectivity index (χ1n) is 3.20. The monoisotopic (exact) mass is 142 g/mol. The zero-order valence-electron chi connectivity index (χ0n) is 5.91. The summed E-state index contributed by atoms with van der Waals surface area (Å²) >= 11 is 0. The maximum absolute atomic E-state index is 11.3. The second-order valence-corrected chi connectivity index (χ2v) is 2.62. The predicted octanol–water partition coefficient (Wildman–Crippen LogP) is -0.147. The molecular weight excluding hydrogens is 132 g/mol. The van der Waals surface area contributed by atoms with Crippen molar-refractivity contribution < 1.29 is 9.38 Å². The summed E-state index contributed by atoms with van der Waals surface area (Å²) in [6.07, 6.45) is 0. The third-order valence-electron chi connectivity index (χ3n) is 1.76. The van der Waals surface area contributed by atoms with Crippen molar-refractivity contribution in [2.75, 3.05) is 26.8 Å². The van der Waals surface area contributed by atoms with E-state index in [0.717, 1.165) is 0 Å². The maximum atomic E-state index is 11.3. The fourth-order valence-electron chi connectivity index (χ4n) is 0.914. The molecule has 10 heavy (non-hydrogen) atoms. The predicted molar refractivity (Wildman–Crippen MR) is 34.6 cm³/mol. The van der Waals surface area contributed by atoms with Crippen molar-refractivity contribution in [2.45, 2.75) is 6.04 Å². The van der Waals surface area contributed by atoms with E-state index in [1.807, 2.05) is 6.07 Å². The molecule has 1 aliphatic heterocycles. The van der Waals surface area contributed by atoms with E-state index in [9.17, 15) is 5.21 Å². The highest BCUT2D eigenvalue weighted by atomic mass is 16.6. The van der Waals surface area contributed by atoms with Crippen molar-refractivity contribution in [1.29, 1.82) is 5.26 Å². The molecule has 2 unspecified atom stereocenters. The van der Waals surface area contributed by atoms with Crippen molar-refractivity contribution in [2.24, 2.45) is 0 Å². The molecule has 0 bridgehead atoms. The molecule has 4 heteroatoms. The van der Waals surface area contributed by atoms with E-state index in [0.29, 0.717) is 13.2 Å². The highest BCUT2D eigenvalue weighted by Gasteiger charge is 2.28. The van der Waals surface area contributed by atoms with E-state index in [1.165, 1.54) is 7.05 Å². The molecule has 0 radical (unpaired) electrons. The maximum Gasteiger partial charge on any atom is 0.199 e. The lowest BCUT2D eigenvalue weighted by Crippen LogP contribution is -2.54. The molecule has 0 aliphatic carbocycles. The number of hydrogen-bond donors (Lipinski definition) is 0. The highest BCUT2D eigenvalue weighted by molar-refractivity contribution is 4.86. The van der Waals surface area contributed by atoms with Gasteiger partial charge in [0.15, 0.2) is 6.04 Å². The summed E-state index contributed by atoms with van der Waals surface area (Å²) in [5, 5.41) is 19.8. The van der Waals surface area contributed by atoms with Gasteiger partial charge < -0.3 is 14.6 Å². The second-order valence-electron chi connectivity index (χ2n) is 2.62. The normalized spacial score (nSPS) is 40.7. The fourth-order valence-corrected chi connectivity index (χ4v) is 0.914. The third-order valence-corrected chi connectivity index (χ3v) is 1.76. The van der Waals surface area contributed by atoms with Gasteiger partial charge in [-0.05, 0) is 0 Å². The lowest BCUT2D eigenvalue weighted by Gasteiger charge is -2.44. The van der Waals surface area contributed by atoms with Gasteiger partial charge in [0.2, 0.25) is 0 Å². The van der Waals surface area contributed by atoms with E-state index in [1.54, 1.807) is 0 Å². The number of quaternary nitrogens is 1. The van der Waals surface area contributed by atoms with E-state index in [2.05, 4.69) is 0 Å². The van der Waals surface area contributed by atoms with E-state index >= 15 is 0 Å². The van der Waals surface area contributed by atoms with Crippen molar-refractivity contribution in [3.63, 3.8) is 0 Å². The Morgan fingerprint density at radius 2 is 2.50 bits per heavy atom. The van der Waals surface area contributed by atoms with Gasteiger partial charge >= 0.3 is 0 Å². The van der Waals surface area contributed by atoms with Crippen LogP contribution in [0.2, 0.25) is 0 Å². The van der Waals surface area contributed by atoms with Crippen LogP contribution >= 0.6 is 0 Å². The van der Waals surface area contributed by atoms with Gasteiger partial charge in [0, 0.05) is 0 Å². The van der Waals surface area contributed by atoms with Crippen LogP contribution in [-0.4, -0.2) is 37.5 Å². The molecule has 56 valence electrons. The van der Waals surface area contributed by atoms with E-state index < -0.39 is 10.7 Å². The Kier molecular flexibility index (Phi) is 1.90. The number of hydrogen-bond acceptors (Lipinski definition) is 3. The molecule has 0 aromatic heterocycles. The van der Waals surface area contributed by atoms with Crippen LogP contribution in [0.4, 0.5) is 0 Å². The van der Waals surface area contributed by atoms with Gasteiger partial charge in [-0.3, -0.25) is 0 Å². The van der Waals surface area contributed by atoms with Crippen molar-refractivity contribution in [1.82, 2.24) is 0 Å². The zero-order valence-corrected chi connectivity index (χ0v) is 5.91. The summed E-state index contributed by atoms with van der Waals surface area (Å²) in [6, 6.07) is 1.40. The number of likely N-dealkylation sites (N-methyl/N-ethyl adjacent to an activating group) is 1. The van der Waals surface area contributed by atoms with Gasteiger partial charge in [0.25, 0.3) is 0 Å². The standard InChI is InChI=1S/C6H10N2O2/c1-8(9)2-3-10-5-6(8)4-7/h6H,2-3,5H2,1H3. The first-order valence-corrected chi connectivity index (χ1v) is 3.20. The molecule has 0 N–H and O–H groups in total. The van der Waals surface area contributed by atoms with Crippen LogP contribution in [0.5, 0.6) is 0 Å². The number of ether oxygens (including phenoxy) is 1. The van der Waals surface area contributed by atoms with Crippen LogP contribution in [0.15, 0.2) is 0 Å². The molecule has 1 saturated heterocycles. The number of rotatable bonds is 0. The van der Waals surface area contributed by atoms with Gasteiger partial charge in [-0.25, -0.2) is 0 Å². The Hall–Kier alpha value is -0.630. The minimum absolute atomic E-state index is 0.274. The number of nitriles is 1. The first kappa shape index (κ1) is 7.48. The lowest BCUT2D eigenvalue weighted by atomic mass is 10.2. The van der Waals surface area contributed by atoms with Crippen LogP contribution in [0.25, 0.3) is 0 Å². The Labute approximate surface area is 59.8 Å². The first-order chi connectivity index (χ1) is 4.67. The smallest absolute Gasteiger partial charge is 0.199 e. The summed E-state index contributed by atoms with van der Waals surface area (Å²) in [4.78, 5) is 0. The zero-order chi connectivity index (χ0) is 7.61. The Balaban J connectivity index is 2.62. The summed E-state index contributed by atoms with van der Waals surface area (Å²) in [5.74, 6) is 0. The van der Waals surface area contributed by atoms with E-state index in [4.69, 9.17) is 10.00 Å². The van der Waals surface area contributed by atoms with Crippen LogP contribution in [0.3, 0.4) is 0 Å². The molecule has 1 aliphatic rings. The van der Waals surface area contributed by atoms with Crippen molar-refractivity contribution in [3.05, 3.63) is 5.21 Å². The van der Waals surface area contributed by atoms with Crippen LogP contribution in [-0.2, 0) is 4.74 Å². The van der Waals surface area contributed by atoms with Crippen LogP contribution in [0.1, 0.15) is 0 Å². The summed E-state index contributed by atoms with van der Waals surface area (Å²) in [6.45, 7) is 1.13. The van der Waals surface area contributed by atoms with Gasteiger partial charge in [-0.1, -0.05) is 0 Å². The average Bonchev–Trinajstić information content (AvgIpc) is 1.87. The summed E-state index contributed by atoms with van der Waals surface area (Å²) in [5.41, 5.74) is 0. The van der Waals surface area contributed by atoms with Gasteiger partial charge in [0.1, 0.15) is 19.2 Å². The molecule has 0 saturated carbocycles. The number of morpholine rings is 1. The Morgan fingerprint density at radius 1 is 1.80 bits per heavy atom. The largest absolute Gasteiger partial charge is 0.632 e. The van der Waals surface area contributed by atoms with Crippen LogP contribution < -0.4 is 0 Å².